The number of rotatable bonds is 1. The molecule has 0 bridgehead atoms. The Bertz CT molecular complexity index is 365. The molecule has 0 unspecified atom stereocenters. The van der Waals surface area contributed by atoms with E-state index in [4.69, 9.17) is 11.5 Å². The van der Waals surface area contributed by atoms with Crippen LogP contribution in [0.5, 0.6) is 5.75 Å². The fraction of sp³-hybridized carbons (Fsp3) is 0. The summed E-state index contributed by atoms with van der Waals surface area (Å²) in [5, 5.41) is 17.7. The molecule has 0 fully saturated rings. The lowest BCUT2D eigenvalue weighted by Gasteiger charge is -1.99. The number of hydrogen-bond donors (Lipinski definition) is 2. The van der Waals surface area contributed by atoms with Crippen LogP contribution < -0.4 is 0 Å². The first-order valence-corrected chi connectivity index (χ1v) is 3.04. The van der Waals surface area contributed by atoms with E-state index in [1.807, 2.05) is 0 Å². The number of hydrogen-bond acceptors (Lipinski definition) is 3. The van der Waals surface area contributed by atoms with E-state index in [0.717, 1.165) is 0 Å². The predicted octanol–water partition coefficient (Wildman–Crippen LogP) is 0.467. The standard InChI is InChI=1S/C8H5NO3/c1-2-6-7(10)5(8(11)12)3-4-9-6/h1,3-4,10H,(H,11,12). The van der Waals surface area contributed by atoms with Crippen LogP contribution in [0.25, 0.3) is 0 Å². The molecule has 1 rings (SSSR count). The Balaban J connectivity index is 3.35. The van der Waals surface area contributed by atoms with Crippen molar-refractivity contribution >= 4 is 5.97 Å². The third-order valence-corrected chi connectivity index (χ3v) is 1.29. The number of carbonyl (C=O) groups is 1. The van der Waals surface area contributed by atoms with Crippen molar-refractivity contribution in [3.63, 3.8) is 0 Å². The summed E-state index contributed by atoms with van der Waals surface area (Å²) in [5.74, 6) is 0.371. The molecule has 12 heavy (non-hydrogen) atoms. The Kier molecular flexibility index (Phi) is 1.97. The molecule has 4 heteroatoms. The van der Waals surface area contributed by atoms with Gasteiger partial charge >= 0.3 is 5.97 Å². The summed E-state index contributed by atoms with van der Waals surface area (Å²) in [6, 6.07) is 1.18. The van der Waals surface area contributed by atoms with E-state index in [0.29, 0.717) is 0 Å². The monoisotopic (exact) mass is 163 g/mol. The molecule has 0 saturated carbocycles. The van der Waals surface area contributed by atoms with Gasteiger partial charge < -0.3 is 10.2 Å². The van der Waals surface area contributed by atoms with Crippen molar-refractivity contribution < 1.29 is 15.0 Å². The molecule has 1 heterocycles. The summed E-state index contributed by atoms with van der Waals surface area (Å²) in [6.45, 7) is 0. The first-order chi connectivity index (χ1) is 5.66. The van der Waals surface area contributed by atoms with Crippen LogP contribution in [-0.2, 0) is 0 Å². The number of aromatic nitrogens is 1. The van der Waals surface area contributed by atoms with Crippen LogP contribution in [0.15, 0.2) is 12.3 Å². The molecule has 1 aromatic heterocycles. The average Bonchev–Trinajstić information content (AvgIpc) is 2.04. The van der Waals surface area contributed by atoms with E-state index >= 15 is 0 Å². The van der Waals surface area contributed by atoms with Gasteiger partial charge in [0.15, 0.2) is 11.4 Å². The second kappa shape index (κ2) is 2.93. The van der Waals surface area contributed by atoms with Crippen LogP contribution in [0.4, 0.5) is 0 Å². The highest BCUT2D eigenvalue weighted by atomic mass is 16.4. The lowest BCUT2D eigenvalue weighted by molar-refractivity contribution is 0.0693. The molecule has 0 aliphatic rings. The van der Waals surface area contributed by atoms with Gasteiger partial charge in [0.2, 0.25) is 0 Å². The number of carboxylic acids is 1. The highest BCUT2D eigenvalue weighted by Gasteiger charge is 2.11. The molecule has 0 radical (unpaired) electrons. The summed E-state index contributed by atoms with van der Waals surface area (Å²) in [6.07, 6.45) is 6.19. The van der Waals surface area contributed by atoms with Gasteiger partial charge in [0.05, 0.1) is 0 Å². The topological polar surface area (TPSA) is 70.4 Å². The zero-order chi connectivity index (χ0) is 9.14. The Morgan fingerprint density at radius 3 is 2.83 bits per heavy atom. The maximum absolute atomic E-state index is 10.4. The Morgan fingerprint density at radius 2 is 2.33 bits per heavy atom. The second-order valence-corrected chi connectivity index (χ2v) is 2.01. The molecule has 0 aliphatic heterocycles. The van der Waals surface area contributed by atoms with Gasteiger partial charge in [0, 0.05) is 6.20 Å². The third-order valence-electron chi connectivity index (χ3n) is 1.29. The van der Waals surface area contributed by atoms with Crippen molar-refractivity contribution in [2.75, 3.05) is 0 Å². The molecule has 0 saturated heterocycles. The van der Waals surface area contributed by atoms with Gasteiger partial charge in [-0.15, -0.1) is 6.42 Å². The highest BCUT2D eigenvalue weighted by molar-refractivity contribution is 5.91. The van der Waals surface area contributed by atoms with Crippen molar-refractivity contribution in [3.05, 3.63) is 23.5 Å². The van der Waals surface area contributed by atoms with Gasteiger partial charge in [-0.2, -0.15) is 0 Å². The number of carboxylic acid groups (broad SMARTS) is 1. The van der Waals surface area contributed by atoms with Gasteiger partial charge in [-0.3, -0.25) is 0 Å². The zero-order valence-corrected chi connectivity index (χ0v) is 5.98. The fourth-order valence-corrected chi connectivity index (χ4v) is 0.732. The second-order valence-electron chi connectivity index (χ2n) is 2.01. The van der Waals surface area contributed by atoms with Crippen molar-refractivity contribution in [1.29, 1.82) is 0 Å². The molecule has 0 aliphatic carbocycles. The first-order valence-electron chi connectivity index (χ1n) is 3.04. The summed E-state index contributed by atoms with van der Waals surface area (Å²) in [5.41, 5.74) is -0.298. The van der Waals surface area contributed by atoms with E-state index in [1.54, 1.807) is 0 Å². The van der Waals surface area contributed by atoms with E-state index in [1.165, 1.54) is 12.3 Å². The van der Waals surface area contributed by atoms with Crippen LogP contribution in [0.3, 0.4) is 0 Å². The van der Waals surface area contributed by atoms with Crippen molar-refractivity contribution in [2.24, 2.45) is 0 Å². The Hall–Kier alpha value is -2.02. The number of terminal acetylenes is 1. The summed E-state index contributed by atoms with van der Waals surface area (Å²) < 4.78 is 0. The van der Waals surface area contributed by atoms with Gasteiger partial charge in [-0.25, -0.2) is 9.78 Å². The molecular formula is C8H5NO3. The zero-order valence-electron chi connectivity index (χ0n) is 5.98. The van der Waals surface area contributed by atoms with E-state index in [9.17, 15) is 9.90 Å². The highest BCUT2D eigenvalue weighted by Crippen LogP contribution is 2.18. The van der Waals surface area contributed by atoms with Crippen LogP contribution in [0.2, 0.25) is 0 Å². The number of aromatic carboxylic acids is 1. The number of nitrogens with zero attached hydrogens (tertiary/aromatic N) is 1. The predicted molar refractivity (Wildman–Crippen MR) is 40.8 cm³/mol. The lowest BCUT2D eigenvalue weighted by Crippen LogP contribution is -1.98. The molecule has 0 atom stereocenters. The smallest absolute Gasteiger partial charge is 0.339 e. The summed E-state index contributed by atoms with van der Waals surface area (Å²) in [7, 11) is 0. The maximum atomic E-state index is 10.4. The number of pyridine rings is 1. The molecule has 0 spiro atoms. The molecule has 0 amide bonds. The van der Waals surface area contributed by atoms with Gasteiger partial charge in [0.1, 0.15) is 5.56 Å². The third kappa shape index (κ3) is 1.20. The minimum atomic E-state index is -1.23. The first kappa shape index (κ1) is 8.08. The van der Waals surface area contributed by atoms with Crippen molar-refractivity contribution in [2.45, 2.75) is 0 Å². The quantitative estimate of drug-likeness (QED) is 0.590. The van der Waals surface area contributed by atoms with Crippen molar-refractivity contribution in [3.8, 4) is 18.1 Å². The van der Waals surface area contributed by atoms with Gasteiger partial charge in [-0.05, 0) is 12.0 Å². The molecule has 2 N–H and O–H groups in total. The summed E-state index contributed by atoms with van der Waals surface area (Å²) >= 11 is 0. The maximum Gasteiger partial charge on any atom is 0.339 e. The van der Waals surface area contributed by atoms with Crippen LogP contribution in [0.1, 0.15) is 16.1 Å². The number of aromatic hydroxyl groups is 1. The van der Waals surface area contributed by atoms with E-state index < -0.39 is 11.7 Å². The Morgan fingerprint density at radius 1 is 1.67 bits per heavy atom. The fourth-order valence-electron chi connectivity index (χ4n) is 0.732. The van der Waals surface area contributed by atoms with E-state index in [2.05, 4.69) is 10.9 Å². The SMILES string of the molecule is C#Cc1nccc(C(=O)O)c1O. The van der Waals surface area contributed by atoms with Gasteiger partial charge in [-0.1, -0.05) is 0 Å². The minimum Gasteiger partial charge on any atom is -0.504 e. The normalized spacial score (nSPS) is 8.92. The van der Waals surface area contributed by atoms with Crippen LogP contribution in [0, 0.1) is 12.3 Å². The average molecular weight is 163 g/mol. The minimum absolute atomic E-state index is 0.0603. The molecular weight excluding hydrogens is 158 g/mol. The largest absolute Gasteiger partial charge is 0.504 e. The molecule has 1 aromatic rings. The lowest BCUT2D eigenvalue weighted by atomic mass is 10.2. The van der Waals surface area contributed by atoms with Crippen molar-refractivity contribution in [1.82, 2.24) is 4.98 Å². The van der Waals surface area contributed by atoms with E-state index in [-0.39, 0.29) is 11.3 Å². The van der Waals surface area contributed by atoms with Crippen LogP contribution in [-0.4, -0.2) is 21.2 Å². The molecule has 60 valence electrons. The molecule has 4 nitrogen and oxygen atoms in total. The van der Waals surface area contributed by atoms with Crippen LogP contribution >= 0.6 is 0 Å². The Labute approximate surface area is 68.5 Å². The summed E-state index contributed by atoms with van der Waals surface area (Å²) in [4.78, 5) is 14.0. The molecule has 0 aromatic carbocycles. The van der Waals surface area contributed by atoms with Gasteiger partial charge in [0.25, 0.3) is 0 Å².